The van der Waals surface area contributed by atoms with Crippen LogP contribution >= 0.6 is 11.3 Å². The van der Waals surface area contributed by atoms with E-state index in [-0.39, 0.29) is 28.8 Å². The van der Waals surface area contributed by atoms with Crippen LogP contribution in [0.15, 0.2) is 23.4 Å². The lowest BCUT2D eigenvalue weighted by Gasteiger charge is -2.38. The van der Waals surface area contributed by atoms with Crippen molar-refractivity contribution in [2.24, 2.45) is 0 Å². The summed E-state index contributed by atoms with van der Waals surface area (Å²) in [6, 6.07) is 0.301. The molecule has 1 unspecified atom stereocenters. The molecule has 0 bridgehead atoms. The molecule has 3 aromatic rings. The largest absolute Gasteiger partial charge is 0.367 e. The van der Waals surface area contributed by atoms with Crippen molar-refractivity contribution in [1.29, 1.82) is 0 Å². The van der Waals surface area contributed by atoms with Gasteiger partial charge in [0.1, 0.15) is 4.90 Å². The third kappa shape index (κ3) is 4.73. The molecule has 2 N–H and O–H groups in total. The first-order valence-corrected chi connectivity index (χ1v) is 13.2. The van der Waals surface area contributed by atoms with Crippen molar-refractivity contribution in [3.05, 3.63) is 23.5 Å². The summed E-state index contributed by atoms with van der Waals surface area (Å²) in [5.74, 6) is -2.86. The maximum absolute atomic E-state index is 14.1. The second kappa shape index (κ2) is 8.35. The topological polar surface area (TPSA) is 105 Å². The zero-order valence-electron chi connectivity index (χ0n) is 18.8. The quantitative estimate of drug-likeness (QED) is 0.450. The van der Waals surface area contributed by atoms with E-state index in [0.29, 0.717) is 41.9 Å². The second-order valence-electron chi connectivity index (χ2n) is 9.22. The lowest BCUT2D eigenvalue weighted by molar-refractivity contribution is -0.0188. The second-order valence-corrected chi connectivity index (χ2v) is 11.9. The van der Waals surface area contributed by atoms with E-state index in [2.05, 4.69) is 25.2 Å². The molecular weight excluding hydrogens is 510 g/mol. The molecule has 2 fully saturated rings. The molecule has 1 saturated heterocycles. The van der Waals surface area contributed by atoms with Crippen LogP contribution in [0, 0.1) is 0 Å². The highest BCUT2D eigenvalue weighted by atomic mass is 32.2. The van der Waals surface area contributed by atoms with Gasteiger partial charge < -0.3 is 10.2 Å². The molecule has 9 nitrogen and oxygen atoms in total. The lowest BCUT2D eigenvalue weighted by atomic mass is 10.1. The van der Waals surface area contributed by atoms with Crippen LogP contribution in [0.5, 0.6) is 0 Å². The number of piperazine rings is 1. The summed E-state index contributed by atoms with van der Waals surface area (Å²) in [6.07, 6.45) is 1.37. The van der Waals surface area contributed by atoms with Crippen LogP contribution in [-0.2, 0) is 10.0 Å². The fraction of sp³-hybridized carbons (Fsp3) is 0.550. The number of sulfonamides is 1. The minimum Gasteiger partial charge on any atom is -0.367 e. The van der Waals surface area contributed by atoms with Gasteiger partial charge in [-0.05, 0) is 25.8 Å². The molecule has 1 atom stereocenters. The van der Waals surface area contributed by atoms with Crippen molar-refractivity contribution in [2.45, 2.75) is 55.5 Å². The van der Waals surface area contributed by atoms with Gasteiger partial charge >= 0.3 is 0 Å². The standard InChI is InChI=1S/C20H23F4N7O2S2/c1-19(3-4-19)29-35(32,33)11-7-12(30-6-5-25-14(10-30)20(2,23)24)13-8-26-16(31(13)9-11)18-28-27-17(34-18)15(21)22/h7-9,14-15,25,29H,3-6,10H2,1-2H3. The summed E-state index contributed by atoms with van der Waals surface area (Å²) in [4.78, 5) is 5.88. The van der Waals surface area contributed by atoms with Gasteiger partial charge in [-0.25, -0.2) is 35.7 Å². The fourth-order valence-corrected chi connectivity index (χ4v) is 6.18. The average Bonchev–Trinajstić information content (AvgIpc) is 3.18. The normalized spacial score (nSPS) is 20.7. The molecule has 5 rings (SSSR count). The number of anilines is 1. The van der Waals surface area contributed by atoms with Crippen LogP contribution in [0.2, 0.25) is 0 Å². The number of nitrogens with one attached hydrogen (secondary N) is 2. The molecule has 2 aliphatic rings. The summed E-state index contributed by atoms with van der Waals surface area (Å²) in [5, 5.41) is 9.68. The molecule has 0 aromatic carbocycles. The Hall–Kier alpha value is -2.36. The van der Waals surface area contributed by atoms with E-state index < -0.39 is 39.0 Å². The van der Waals surface area contributed by atoms with E-state index >= 15 is 0 Å². The summed E-state index contributed by atoms with van der Waals surface area (Å²) < 4.78 is 84.9. The first-order valence-electron chi connectivity index (χ1n) is 10.9. The van der Waals surface area contributed by atoms with E-state index in [1.165, 1.54) is 22.9 Å². The van der Waals surface area contributed by atoms with Gasteiger partial charge in [-0.1, -0.05) is 11.3 Å². The third-order valence-corrected chi connectivity index (χ3v) is 8.76. The summed E-state index contributed by atoms with van der Waals surface area (Å²) in [7, 11) is -3.98. The molecule has 4 heterocycles. The first-order chi connectivity index (χ1) is 16.4. The highest BCUT2D eigenvalue weighted by Gasteiger charge is 2.42. The number of alkyl halides is 4. The van der Waals surface area contributed by atoms with E-state index in [1.807, 2.05) is 0 Å². The Balaban J connectivity index is 1.64. The molecule has 0 radical (unpaired) electrons. The lowest BCUT2D eigenvalue weighted by Crippen LogP contribution is -2.57. The minimum absolute atomic E-state index is 0.0668. The van der Waals surface area contributed by atoms with Gasteiger partial charge in [0.05, 0.1) is 23.4 Å². The third-order valence-electron chi connectivity index (χ3n) is 6.23. The SMILES string of the molecule is CC1(NS(=O)(=O)c2cc(N3CCNC(C(C)(F)F)C3)c3cnc(-c4nnc(C(F)F)s4)n3c2)CC1. The van der Waals surface area contributed by atoms with E-state index in [9.17, 15) is 26.0 Å². The monoisotopic (exact) mass is 533 g/mol. The number of hydrogen-bond donors (Lipinski definition) is 2. The van der Waals surface area contributed by atoms with Crippen molar-refractivity contribution in [3.8, 4) is 10.8 Å². The Morgan fingerprint density at radius 2 is 2.06 bits per heavy atom. The molecule has 1 aliphatic heterocycles. The molecule has 3 aromatic heterocycles. The van der Waals surface area contributed by atoms with Gasteiger partial charge in [0, 0.05) is 38.3 Å². The van der Waals surface area contributed by atoms with Gasteiger partial charge in [-0.2, -0.15) is 0 Å². The molecule has 0 spiro atoms. The van der Waals surface area contributed by atoms with Crippen molar-refractivity contribution < 1.29 is 26.0 Å². The summed E-state index contributed by atoms with van der Waals surface area (Å²) >= 11 is 0.649. The Kier molecular flexibility index (Phi) is 5.81. The molecule has 15 heteroatoms. The number of aromatic nitrogens is 4. The van der Waals surface area contributed by atoms with Gasteiger partial charge in [-0.15, -0.1) is 10.2 Å². The predicted octanol–water partition coefficient (Wildman–Crippen LogP) is 3.05. The first kappa shape index (κ1) is 24.3. The van der Waals surface area contributed by atoms with E-state index in [0.717, 1.165) is 6.92 Å². The van der Waals surface area contributed by atoms with Gasteiger partial charge in [0.25, 0.3) is 12.3 Å². The molecule has 35 heavy (non-hydrogen) atoms. The number of imidazole rings is 1. The van der Waals surface area contributed by atoms with E-state index in [4.69, 9.17) is 0 Å². The summed E-state index contributed by atoms with van der Waals surface area (Å²) in [6.45, 7) is 3.18. The Bertz CT molecular complexity index is 1370. The maximum Gasteiger partial charge on any atom is 0.291 e. The smallest absolute Gasteiger partial charge is 0.291 e. The maximum atomic E-state index is 14.1. The zero-order chi connectivity index (χ0) is 25.2. The molecule has 1 aliphatic carbocycles. The Labute approximate surface area is 202 Å². The van der Waals surface area contributed by atoms with Crippen molar-refractivity contribution in [2.75, 3.05) is 24.5 Å². The average molecular weight is 534 g/mol. The molecule has 190 valence electrons. The Morgan fingerprint density at radius 3 is 2.69 bits per heavy atom. The Morgan fingerprint density at radius 1 is 1.31 bits per heavy atom. The van der Waals surface area contributed by atoms with Crippen molar-refractivity contribution >= 4 is 32.6 Å². The van der Waals surface area contributed by atoms with Crippen LogP contribution in [0.3, 0.4) is 0 Å². The minimum atomic E-state index is -3.98. The van der Waals surface area contributed by atoms with Crippen LogP contribution in [0.1, 0.15) is 38.1 Å². The number of halogens is 4. The van der Waals surface area contributed by atoms with Crippen LogP contribution in [0.4, 0.5) is 23.2 Å². The highest BCUT2D eigenvalue weighted by molar-refractivity contribution is 7.89. The van der Waals surface area contributed by atoms with Gasteiger partial charge in [0.15, 0.2) is 15.8 Å². The van der Waals surface area contributed by atoms with Crippen LogP contribution < -0.4 is 14.9 Å². The van der Waals surface area contributed by atoms with Gasteiger partial charge in [-0.3, -0.25) is 4.40 Å². The summed E-state index contributed by atoms with van der Waals surface area (Å²) in [5.41, 5.74) is 0.286. The van der Waals surface area contributed by atoms with Gasteiger partial charge in [0.2, 0.25) is 10.0 Å². The number of nitrogens with zero attached hydrogens (tertiary/aromatic N) is 5. The van der Waals surface area contributed by atoms with Crippen molar-refractivity contribution in [1.82, 2.24) is 29.6 Å². The van der Waals surface area contributed by atoms with E-state index in [1.54, 1.807) is 11.8 Å². The van der Waals surface area contributed by atoms with Crippen LogP contribution in [-0.4, -0.2) is 65.1 Å². The number of hydrogen-bond acceptors (Lipinski definition) is 8. The zero-order valence-corrected chi connectivity index (χ0v) is 20.4. The number of pyridine rings is 1. The fourth-order valence-electron chi connectivity index (χ4n) is 4.01. The number of fused-ring (bicyclic) bond motifs is 1. The number of rotatable bonds is 7. The molecular formula is C20H23F4N7O2S2. The van der Waals surface area contributed by atoms with Crippen LogP contribution in [0.25, 0.3) is 16.3 Å². The highest BCUT2D eigenvalue weighted by Crippen LogP contribution is 2.38. The van der Waals surface area contributed by atoms with Crippen molar-refractivity contribution in [3.63, 3.8) is 0 Å². The molecule has 1 saturated carbocycles. The predicted molar refractivity (Wildman–Crippen MR) is 122 cm³/mol. The molecule has 0 amide bonds.